The van der Waals surface area contributed by atoms with Crippen LogP contribution in [0.1, 0.15) is 36.1 Å². The van der Waals surface area contributed by atoms with Crippen LogP contribution < -0.4 is 14.8 Å². The van der Waals surface area contributed by atoms with Gasteiger partial charge in [-0.2, -0.15) is 0 Å². The first-order chi connectivity index (χ1) is 13.9. The molecular formula is C23H28N2O4. The number of rotatable bonds is 7. The molecule has 2 amide bonds. The fourth-order valence-electron chi connectivity index (χ4n) is 3.60. The third-order valence-electron chi connectivity index (χ3n) is 5.35. The molecule has 0 spiro atoms. The van der Waals surface area contributed by atoms with Gasteiger partial charge in [-0.1, -0.05) is 29.8 Å². The Bertz CT molecular complexity index is 879. The fourth-order valence-corrected chi connectivity index (χ4v) is 3.60. The van der Waals surface area contributed by atoms with E-state index in [1.54, 1.807) is 25.2 Å². The summed E-state index contributed by atoms with van der Waals surface area (Å²) in [5.41, 5.74) is 3.12. The van der Waals surface area contributed by atoms with Crippen molar-refractivity contribution in [1.29, 1.82) is 0 Å². The number of likely N-dealkylation sites (tertiary alicyclic amines) is 1. The van der Waals surface area contributed by atoms with Gasteiger partial charge in [0, 0.05) is 31.1 Å². The summed E-state index contributed by atoms with van der Waals surface area (Å²) in [5, 5.41) is 3.02. The second-order valence-electron chi connectivity index (χ2n) is 7.50. The smallest absolute Gasteiger partial charge is 0.225 e. The SMILES string of the molecule is COc1ccc(C(C)NC(=O)C2CC(=O)N(Cc3ccc(C)cc3)C2)c(OC)c1. The molecule has 1 fully saturated rings. The topological polar surface area (TPSA) is 67.9 Å². The van der Waals surface area contributed by atoms with Crippen molar-refractivity contribution >= 4 is 11.8 Å². The van der Waals surface area contributed by atoms with Crippen molar-refractivity contribution in [1.82, 2.24) is 10.2 Å². The maximum Gasteiger partial charge on any atom is 0.225 e. The van der Waals surface area contributed by atoms with Gasteiger partial charge in [0.15, 0.2) is 0 Å². The number of nitrogens with one attached hydrogen (secondary N) is 1. The number of ether oxygens (including phenoxy) is 2. The molecule has 2 aromatic rings. The summed E-state index contributed by atoms with van der Waals surface area (Å²) in [6.45, 7) is 4.91. The molecular weight excluding hydrogens is 368 g/mol. The number of nitrogens with zero attached hydrogens (tertiary/aromatic N) is 1. The van der Waals surface area contributed by atoms with E-state index in [0.29, 0.717) is 24.6 Å². The van der Waals surface area contributed by atoms with Crippen molar-refractivity contribution in [3.63, 3.8) is 0 Å². The molecule has 0 aliphatic carbocycles. The molecule has 2 unspecified atom stereocenters. The molecule has 1 aliphatic rings. The zero-order valence-electron chi connectivity index (χ0n) is 17.4. The van der Waals surface area contributed by atoms with Crippen molar-refractivity contribution in [2.45, 2.75) is 32.9 Å². The second-order valence-corrected chi connectivity index (χ2v) is 7.50. The first-order valence-electron chi connectivity index (χ1n) is 9.77. The zero-order valence-corrected chi connectivity index (χ0v) is 17.4. The quantitative estimate of drug-likeness (QED) is 0.780. The minimum atomic E-state index is -0.348. The largest absolute Gasteiger partial charge is 0.497 e. The van der Waals surface area contributed by atoms with Crippen molar-refractivity contribution in [3.05, 3.63) is 59.2 Å². The van der Waals surface area contributed by atoms with Crippen LogP contribution >= 0.6 is 0 Å². The Morgan fingerprint density at radius 2 is 1.90 bits per heavy atom. The highest BCUT2D eigenvalue weighted by Gasteiger charge is 2.34. The summed E-state index contributed by atoms with van der Waals surface area (Å²) in [4.78, 5) is 26.9. The monoisotopic (exact) mass is 396 g/mol. The lowest BCUT2D eigenvalue weighted by atomic mass is 10.0. The molecule has 0 saturated carbocycles. The molecule has 6 nitrogen and oxygen atoms in total. The first kappa shape index (κ1) is 20.7. The number of carbonyl (C=O) groups is 2. The van der Waals surface area contributed by atoms with E-state index in [-0.39, 0.29) is 30.2 Å². The molecule has 154 valence electrons. The van der Waals surface area contributed by atoms with E-state index >= 15 is 0 Å². The summed E-state index contributed by atoms with van der Waals surface area (Å²) < 4.78 is 10.7. The minimum Gasteiger partial charge on any atom is -0.497 e. The van der Waals surface area contributed by atoms with Gasteiger partial charge in [-0.3, -0.25) is 9.59 Å². The molecule has 0 radical (unpaired) electrons. The predicted molar refractivity (Wildman–Crippen MR) is 111 cm³/mol. The Kier molecular flexibility index (Phi) is 6.42. The average Bonchev–Trinajstić information content (AvgIpc) is 3.09. The van der Waals surface area contributed by atoms with Crippen LogP contribution in [0.3, 0.4) is 0 Å². The number of hydrogen-bond donors (Lipinski definition) is 1. The van der Waals surface area contributed by atoms with Gasteiger partial charge < -0.3 is 19.7 Å². The highest BCUT2D eigenvalue weighted by molar-refractivity contribution is 5.89. The lowest BCUT2D eigenvalue weighted by Gasteiger charge is -2.20. The van der Waals surface area contributed by atoms with Crippen LogP contribution in [0.5, 0.6) is 11.5 Å². The van der Waals surface area contributed by atoms with E-state index in [9.17, 15) is 9.59 Å². The van der Waals surface area contributed by atoms with Crippen LogP contribution in [-0.2, 0) is 16.1 Å². The number of benzene rings is 2. The summed E-state index contributed by atoms with van der Waals surface area (Å²) in [6.07, 6.45) is 0.240. The van der Waals surface area contributed by atoms with Gasteiger partial charge in [0.05, 0.1) is 26.2 Å². The second kappa shape index (κ2) is 8.99. The Labute approximate surface area is 171 Å². The van der Waals surface area contributed by atoms with Crippen molar-refractivity contribution in [2.75, 3.05) is 20.8 Å². The standard InChI is InChI=1S/C23H28N2O4/c1-15-5-7-17(8-6-15)13-25-14-18(11-22(25)26)23(27)24-16(2)20-10-9-19(28-3)12-21(20)29-4/h5-10,12,16,18H,11,13-14H2,1-4H3,(H,24,27). The lowest BCUT2D eigenvalue weighted by Crippen LogP contribution is -2.34. The van der Waals surface area contributed by atoms with E-state index in [1.807, 2.05) is 50.2 Å². The molecule has 2 aromatic carbocycles. The van der Waals surface area contributed by atoms with Gasteiger partial charge in [0.25, 0.3) is 0 Å². The Morgan fingerprint density at radius 1 is 1.17 bits per heavy atom. The van der Waals surface area contributed by atoms with Crippen LogP contribution in [-0.4, -0.2) is 37.5 Å². The zero-order chi connectivity index (χ0) is 21.0. The van der Waals surface area contributed by atoms with Gasteiger partial charge in [-0.15, -0.1) is 0 Å². The number of aryl methyl sites for hydroxylation is 1. The summed E-state index contributed by atoms with van der Waals surface area (Å²) >= 11 is 0. The molecule has 3 rings (SSSR count). The average molecular weight is 396 g/mol. The van der Waals surface area contributed by atoms with E-state index in [2.05, 4.69) is 5.32 Å². The molecule has 6 heteroatoms. The highest BCUT2D eigenvalue weighted by atomic mass is 16.5. The van der Waals surface area contributed by atoms with E-state index in [1.165, 1.54) is 5.56 Å². The summed E-state index contributed by atoms with van der Waals surface area (Å²) in [5.74, 6) is 0.896. The minimum absolute atomic E-state index is 0.0143. The third kappa shape index (κ3) is 4.88. The molecule has 1 N–H and O–H groups in total. The molecule has 1 heterocycles. The fraction of sp³-hybridized carbons (Fsp3) is 0.391. The van der Waals surface area contributed by atoms with Gasteiger partial charge in [0.1, 0.15) is 11.5 Å². The van der Waals surface area contributed by atoms with Crippen molar-refractivity contribution < 1.29 is 19.1 Å². The highest BCUT2D eigenvalue weighted by Crippen LogP contribution is 2.30. The maximum atomic E-state index is 12.8. The van der Waals surface area contributed by atoms with E-state index in [4.69, 9.17) is 9.47 Å². The molecule has 2 atom stereocenters. The van der Waals surface area contributed by atoms with Crippen molar-refractivity contribution in [3.8, 4) is 11.5 Å². The van der Waals surface area contributed by atoms with Gasteiger partial charge >= 0.3 is 0 Å². The van der Waals surface area contributed by atoms with Crippen LogP contribution in [0.15, 0.2) is 42.5 Å². The van der Waals surface area contributed by atoms with E-state index < -0.39 is 0 Å². The van der Waals surface area contributed by atoms with Gasteiger partial charge in [-0.05, 0) is 31.5 Å². The molecule has 1 saturated heterocycles. The van der Waals surface area contributed by atoms with Crippen molar-refractivity contribution in [2.24, 2.45) is 5.92 Å². The Hall–Kier alpha value is -3.02. The predicted octanol–water partition coefficient (Wildman–Crippen LogP) is 3.24. The maximum absolute atomic E-state index is 12.8. The number of carbonyl (C=O) groups excluding carboxylic acids is 2. The number of hydrogen-bond acceptors (Lipinski definition) is 4. The van der Waals surface area contributed by atoms with Gasteiger partial charge in [-0.25, -0.2) is 0 Å². The van der Waals surface area contributed by atoms with Gasteiger partial charge in [0.2, 0.25) is 11.8 Å². The van der Waals surface area contributed by atoms with Crippen LogP contribution in [0, 0.1) is 12.8 Å². The van der Waals surface area contributed by atoms with E-state index in [0.717, 1.165) is 11.1 Å². The van der Waals surface area contributed by atoms with Crippen LogP contribution in [0.4, 0.5) is 0 Å². The number of methoxy groups -OCH3 is 2. The molecule has 0 aromatic heterocycles. The normalized spacial score (nSPS) is 17.2. The molecule has 1 aliphatic heterocycles. The first-order valence-corrected chi connectivity index (χ1v) is 9.77. The molecule has 29 heavy (non-hydrogen) atoms. The van der Waals surface area contributed by atoms with Crippen LogP contribution in [0.25, 0.3) is 0 Å². The Morgan fingerprint density at radius 3 is 2.55 bits per heavy atom. The lowest BCUT2D eigenvalue weighted by molar-refractivity contribution is -0.129. The Balaban J connectivity index is 1.62. The molecule has 0 bridgehead atoms. The third-order valence-corrected chi connectivity index (χ3v) is 5.35. The van der Waals surface area contributed by atoms with Crippen LogP contribution in [0.2, 0.25) is 0 Å². The summed E-state index contributed by atoms with van der Waals surface area (Å²) in [7, 11) is 3.19. The summed E-state index contributed by atoms with van der Waals surface area (Å²) in [6, 6.07) is 13.4. The number of amides is 2.